The first-order chi connectivity index (χ1) is 13.8. The van der Waals surface area contributed by atoms with Gasteiger partial charge in [0.25, 0.3) is 10.0 Å². The lowest BCUT2D eigenvalue weighted by molar-refractivity contribution is 0.0492. The largest absolute Gasteiger partial charge is 0.479 e. The second kappa shape index (κ2) is 8.54. The van der Waals surface area contributed by atoms with E-state index in [1.807, 2.05) is 13.8 Å². The average Bonchev–Trinajstić information content (AvgIpc) is 3.11. The van der Waals surface area contributed by atoms with Crippen LogP contribution in [0.5, 0.6) is 5.88 Å². The lowest BCUT2D eigenvalue weighted by atomic mass is 10.2. The van der Waals surface area contributed by atoms with Crippen LogP contribution in [0.25, 0.3) is 10.9 Å². The second-order valence-corrected chi connectivity index (χ2v) is 9.12. The molecule has 0 bridgehead atoms. The molecular weight excluding hydrogens is 460 g/mol. The maximum atomic E-state index is 13.5. The van der Waals surface area contributed by atoms with Crippen LogP contribution in [0.3, 0.4) is 0 Å². The highest BCUT2D eigenvalue weighted by atomic mass is 79.9. The van der Waals surface area contributed by atoms with Crippen LogP contribution in [0.2, 0.25) is 0 Å². The molecule has 3 aromatic rings. The number of hydrogen-bond donors (Lipinski definition) is 0. The van der Waals surface area contributed by atoms with Gasteiger partial charge in [0.1, 0.15) is 11.2 Å². The van der Waals surface area contributed by atoms with Crippen LogP contribution in [0.1, 0.15) is 35.8 Å². The Bertz CT molecular complexity index is 1150. The van der Waals surface area contributed by atoms with Crippen molar-refractivity contribution in [1.29, 1.82) is 0 Å². The highest BCUT2D eigenvalue weighted by Gasteiger charge is 2.30. The Balaban J connectivity index is 2.30. The fraction of sp³-hybridized carbons (Fsp3) is 0.300. The molecule has 154 valence electrons. The van der Waals surface area contributed by atoms with Crippen LogP contribution < -0.4 is 4.74 Å². The number of carbonyl (C=O) groups is 1. The minimum atomic E-state index is -4.12. The summed E-state index contributed by atoms with van der Waals surface area (Å²) in [6.07, 6.45) is 3.03. The Labute approximate surface area is 177 Å². The van der Waals surface area contributed by atoms with Crippen molar-refractivity contribution in [2.45, 2.75) is 31.6 Å². The third kappa shape index (κ3) is 4.02. The number of hydrogen-bond acceptors (Lipinski definition) is 6. The third-order valence-electron chi connectivity index (χ3n) is 4.41. The van der Waals surface area contributed by atoms with Crippen LogP contribution in [0.15, 0.2) is 45.9 Å². The van der Waals surface area contributed by atoms with E-state index in [1.165, 1.54) is 31.5 Å². The van der Waals surface area contributed by atoms with E-state index in [2.05, 4.69) is 20.9 Å². The predicted octanol–water partition coefficient (Wildman–Crippen LogP) is 4.31. The summed E-state index contributed by atoms with van der Waals surface area (Å²) in [7, 11) is -2.73. The summed E-state index contributed by atoms with van der Waals surface area (Å²) < 4.78 is 39.1. The van der Waals surface area contributed by atoms with Gasteiger partial charge in [0.2, 0.25) is 5.88 Å². The van der Waals surface area contributed by atoms with Crippen LogP contribution >= 0.6 is 15.9 Å². The Morgan fingerprint density at radius 2 is 1.93 bits per heavy atom. The molecule has 29 heavy (non-hydrogen) atoms. The molecule has 0 fully saturated rings. The number of rotatable bonds is 7. The summed E-state index contributed by atoms with van der Waals surface area (Å²) in [5.74, 6) is -0.634. The number of carbonyl (C=O) groups excluding carboxylic acids is 1. The molecule has 2 heterocycles. The van der Waals surface area contributed by atoms with Crippen molar-refractivity contribution in [3.8, 4) is 5.88 Å². The van der Waals surface area contributed by atoms with Gasteiger partial charge in [-0.05, 0) is 47.5 Å². The summed E-state index contributed by atoms with van der Waals surface area (Å²) in [6, 6.07) is 7.87. The SMILES string of the molecule is CCCCOC(=O)c1cc2c(Br)cnc(OC)c2n1S(=O)(=O)c1ccc(C)cc1. The zero-order valence-electron chi connectivity index (χ0n) is 16.3. The van der Waals surface area contributed by atoms with E-state index in [4.69, 9.17) is 9.47 Å². The molecule has 7 nitrogen and oxygen atoms in total. The van der Waals surface area contributed by atoms with Crippen molar-refractivity contribution in [1.82, 2.24) is 8.96 Å². The lowest BCUT2D eigenvalue weighted by Crippen LogP contribution is -2.20. The maximum Gasteiger partial charge on any atom is 0.356 e. The van der Waals surface area contributed by atoms with Crippen molar-refractivity contribution in [3.63, 3.8) is 0 Å². The Kier molecular flexibility index (Phi) is 6.28. The Hall–Kier alpha value is -2.39. The molecule has 0 atom stereocenters. The molecular formula is C20H21BrN2O5S. The van der Waals surface area contributed by atoms with Crippen molar-refractivity contribution in [3.05, 3.63) is 52.3 Å². The molecule has 0 radical (unpaired) electrons. The van der Waals surface area contributed by atoms with E-state index in [-0.39, 0.29) is 28.6 Å². The number of fused-ring (bicyclic) bond motifs is 1. The molecule has 0 amide bonds. The number of benzene rings is 1. The standard InChI is InChI=1S/C20H21BrN2O5S/c1-4-5-10-28-20(24)17-11-15-16(21)12-22-19(27-3)18(15)23(17)29(25,26)14-8-6-13(2)7-9-14/h6-9,11-12H,4-5,10H2,1-3H3. The molecule has 0 aliphatic heterocycles. The fourth-order valence-electron chi connectivity index (χ4n) is 2.86. The van der Waals surface area contributed by atoms with Crippen LogP contribution in [-0.4, -0.2) is 37.1 Å². The number of nitrogens with zero attached hydrogens (tertiary/aromatic N) is 2. The van der Waals surface area contributed by atoms with Crippen molar-refractivity contribution in [2.24, 2.45) is 0 Å². The third-order valence-corrected chi connectivity index (χ3v) is 6.77. The molecule has 0 saturated heterocycles. The quantitative estimate of drug-likeness (QED) is 0.369. The topological polar surface area (TPSA) is 87.5 Å². The van der Waals surface area contributed by atoms with E-state index >= 15 is 0 Å². The number of methoxy groups -OCH3 is 1. The summed E-state index contributed by atoms with van der Waals surface area (Å²) in [5.41, 5.74) is 0.982. The highest BCUT2D eigenvalue weighted by Crippen LogP contribution is 2.35. The molecule has 3 rings (SSSR count). The van der Waals surface area contributed by atoms with Crippen molar-refractivity contribution in [2.75, 3.05) is 13.7 Å². The monoisotopic (exact) mass is 480 g/mol. The van der Waals surface area contributed by atoms with E-state index in [0.717, 1.165) is 16.0 Å². The minimum absolute atomic E-state index is 0.0465. The second-order valence-electron chi connectivity index (χ2n) is 6.48. The first kappa shape index (κ1) is 21.3. The first-order valence-corrected chi connectivity index (χ1v) is 11.3. The van der Waals surface area contributed by atoms with Crippen LogP contribution in [-0.2, 0) is 14.8 Å². The number of pyridine rings is 1. The van der Waals surface area contributed by atoms with Crippen LogP contribution in [0, 0.1) is 6.92 Å². The van der Waals surface area contributed by atoms with Gasteiger partial charge < -0.3 is 9.47 Å². The number of halogens is 1. The fourth-order valence-corrected chi connectivity index (χ4v) is 4.76. The highest BCUT2D eigenvalue weighted by molar-refractivity contribution is 9.10. The average molecular weight is 481 g/mol. The van der Waals surface area contributed by atoms with Gasteiger partial charge in [0.15, 0.2) is 0 Å². The normalized spacial score (nSPS) is 11.6. The summed E-state index contributed by atoms with van der Waals surface area (Å²) in [6.45, 7) is 4.04. The summed E-state index contributed by atoms with van der Waals surface area (Å²) in [4.78, 5) is 17.0. The van der Waals surface area contributed by atoms with Crippen LogP contribution in [0.4, 0.5) is 0 Å². The summed E-state index contributed by atoms with van der Waals surface area (Å²) in [5, 5.41) is 0.481. The molecule has 0 N–H and O–H groups in total. The van der Waals surface area contributed by atoms with E-state index in [9.17, 15) is 13.2 Å². The molecule has 0 saturated carbocycles. The molecule has 9 heteroatoms. The summed E-state index contributed by atoms with van der Waals surface area (Å²) >= 11 is 3.37. The van der Waals surface area contributed by atoms with Gasteiger partial charge >= 0.3 is 5.97 Å². The predicted molar refractivity (Wildman–Crippen MR) is 113 cm³/mol. The number of unbranched alkanes of at least 4 members (excludes halogenated alkanes) is 1. The van der Waals surface area contributed by atoms with E-state index in [0.29, 0.717) is 16.3 Å². The number of aryl methyl sites for hydroxylation is 1. The Morgan fingerprint density at radius 3 is 2.55 bits per heavy atom. The zero-order valence-corrected chi connectivity index (χ0v) is 18.7. The smallest absolute Gasteiger partial charge is 0.356 e. The first-order valence-electron chi connectivity index (χ1n) is 9.04. The van der Waals surface area contributed by atoms with Crippen molar-refractivity contribution < 1.29 is 22.7 Å². The maximum absolute atomic E-state index is 13.5. The number of aromatic nitrogens is 2. The van der Waals surface area contributed by atoms with E-state index < -0.39 is 16.0 Å². The van der Waals surface area contributed by atoms with Gasteiger partial charge in [-0.1, -0.05) is 31.0 Å². The molecule has 1 aromatic carbocycles. The van der Waals surface area contributed by atoms with Gasteiger partial charge in [-0.3, -0.25) is 0 Å². The minimum Gasteiger partial charge on any atom is -0.479 e. The molecule has 2 aromatic heterocycles. The molecule has 0 spiro atoms. The molecule has 0 aliphatic rings. The van der Waals surface area contributed by atoms with Gasteiger partial charge in [-0.25, -0.2) is 22.2 Å². The van der Waals surface area contributed by atoms with Gasteiger partial charge in [-0.2, -0.15) is 0 Å². The van der Waals surface area contributed by atoms with Gasteiger partial charge in [0, 0.05) is 16.1 Å². The molecule has 0 unspecified atom stereocenters. The Morgan fingerprint density at radius 1 is 1.24 bits per heavy atom. The van der Waals surface area contributed by atoms with Gasteiger partial charge in [-0.15, -0.1) is 0 Å². The number of ether oxygens (including phenoxy) is 2. The van der Waals surface area contributed by atoms with Crippen molar-refractivity contribution >= 4 is 42.8 Å². The number of esters is 1. The zero-order chi connectivity index (χ0) is 21.2. The lowest BCUT2D eigenvalue weighted by Gasteiger charge is -2.13. The molecule has 0 aliphatic carbocycles. The van der Waals surface area contributed by atoms with Gasteiger partial charge in [0.05, 0.1) is 18.6 Å². The van der Waals surface area contributed by atoms with E-state index in [1.54, 1.807) is 12.1 Å².